The van der Waals surface area contributed by atoms with E-state index in [1.165, 1.54) is 5.69 Å². The van der Waals surface area contributed by atoms with E-state index in [9.17, 15) is 9.59 Å². The van der Waals surface area contributed by atoms with E-state index in [0.717, 1.165) is 26.2 Å². The van der Waals surface area contributed by atoms with Crippen molar-refractivity contribution in [1.29, 1.82) is 0 Å². The average Bonchev–Trinajstić information content (AvgIpc) is 2.69. The quantitative estimate of drug-likeness (QED) is 0.734. The summed E-state index contributed by atoms with van der Waals surface area (Å²) in [6, 6.07) is 9.94. The summed E-state index contributed by atoms with van der Waals surface area (Å²) in [6.45, 7) is 5.20. The molecule has 0 aliphatic carbocycles. The van der Waals surface area contributed by atoms with Gasteiger partial charge in [-0.25, -0.2) is 0 Å². The molecule has 2 aliphatic heterocycles. The standard InChI is InChI=1S/C18H26N4O3.2ClH/c23-17(6-7-20-18(24)16-14-25-13-8-19-16)22-11-9-21(10-12-22)15-4-2-1-3-5-15;;/h1-5,16,19H,6-14H2,(H,20,24);2*1H. The number of rotatable bonds is 5. The number of hydrogen-bond donors (Lipinski definition) is 2. The minimum atomic E-state index is -0.307. The molecule has 2 N–H and O–H groups in total. The van der Waals surface area contributed by atoms with E-state index >= 15 is 0 Å². The maximum Gasteiger partial charge on any atom is 0.239 e. The molecule has 0 aromatic heterocycles. The Morgan fingerprint density at radius 1 is 1.11 bits per heavy atom. The SMILES string of the molecule is Cl.Cl.O=C(NCCC(=O)N1CCN(c2ccccc2)CC1)C1COCCN1. The summed E-state index contributed by atoms with van der Waals surface area (Å²) in [4.78, 5) is 28.5. The van der Waals surface area contributed by atoms with Gasteiger partial charge in [0.15, 0.2) is 0 Å². The van der Waals surface area contributed by atoms with Crippen LogP contribution >= 0.6 is 24.8 Å². The van der Waals surface area contributed by atoms with Crippen LogP contribution in [-0.4, -0.2) is 75.2 Å². The number of carbonyl (C=O) groups is 2. The van der Waals surface area contributed by atoms with Crippen LogP contribution in [0.15, 0.2) is 30.3 Å². The van der Waals surface area contributed by atoms with E-state index in [0.29, 0.717) is 32.7 Å². The molecule has 0 radical (unpaired) electrons. The first-order valence-electron chi connectivity index (χ1n) is 8.90. The third kappa shape index (κ3) is 6.84. The third-order valence-electron chi connectivity index (χ3n) is 4.63. The monoisotopic (exact) mass is 418 g/mol. The molecule has 0 saturated carbocycles. The van der Waals surface area contributed by atoms with Crippen molar-refractivity contribution in [3.63, 3.8) is 0 Å². The highest BCUT2D eigenvalue weighted by atomic mass is 35.5. The van der Waals surface area contributed by atoms with Crippen LogP contribution in [0.5, 0.6) is 0 Å². The molecule has 1 aromatic rings. The van der Waals surface area contributed by atoms with E-state index in [2.05, 4.69) is 27.7 Å². The highest BCUT2D eigenvalue weighted by molar-refractivity contribution is 5.85. The molecule has 2 aliphatic rings. The maximum absolute atomic E-state index is 12.3. The second-order valence-electron chi connectivity index (χ2n) is 6.33. The van der Waals surface area contributed by atoms with Gasteiger partial charge in [0.1, 0.15) is 6.04 Å². The van der Waals surface area contributed by atoms with E-state index < -0.39 is 0 Å². The van der Waals surface area contributed by atoms with E-state index in [4.69, 9.17) is 4.74 Å². The predicted octanol–water partition coefficient (Wildman–Crippen LogP) is 0.674. The smallest absolute Gasteiger partial charge is 0.239 e. The fourth-order valence-electron chi connectivity index (χ4n) is 3.16. The molecule has 7 nitrogen and oxygen atoms in total. The minimum Gasteiger partial charge on any atom is -0.378 e. The normalized spacial score (nSPS) is 19.5. The van der Waals surface area contributed by atoms with Crippen LogP contribution in [0.25, 0.3) is 0 Å². The van der Waals surface area contributed by atoms with Crippen LogP contribution in [0.3, 0.4) is 0 Å². The molecule has 0 bridgehead atoms. The summed E-state index contributed by atoms with van der Waals surface area (Å²) >= 11 is 0. The van der Waals surface area contributed by atoms with Crippen LogP contribution in [0, 0.1) is 0 Å². The summed E-state index contributed by atoms with van der Waals surface area (Å²) < 4.78 is 5.27. The number of nitrogens with one attached hydrogen (secondary N) is 2. The van der Waals surface area contributed by atoms with Gasteiger partial charge in [0.25, 0.3) is 0 Å². The van der Waals surface area contributed by atoms with Crippen LogP contribution in [-0.2, 0) is 14.3 Å². The van der Waals surface area contributed by atoms with Crippen molar-refractivity contribution in [2.75, 3.05) is 57.4 Å². The number of benzene rings is 1. The second-order valence-corrected chi connectivity index (χ2v) is 6.33. The van der Waals surface area contributed by atoms with Gasteiger partial charge in [-0.3, -0.25) is 9.59 Å². The summed E-state index contributed by atoms with van der Waals surface area (Å²) in [5.41, 5.74) is 1.20. The van der Waals surface area contributed by atoms with Gasteiger partial charge in [0, 0.05) is 51.4 Å². The molecular weight excluding hydrogens is 391 g/mol. The fourth-order valence-corrected chi connectivity index (χ4v) is 3.16. The number of anilines is 1. The van der Waals surface area contributed by atoms with Gasteiger partial charge < -0.3 is 25.2 Å². The fraction of sp³-hybridized carbons (Fsp3) is 0.556. The molecule has 1 aromatic carbocycles. The van der Waals surface area contributed by atoms with Crippen molar-refractivity contribution < 1.29 is 14.3 Å². The van der Waals surface area contributed by atoms with Gasteiger partial charge in [-0.2, -0.15) is 0 Å². The number of para-hydroxylation sites is 1. The van der Waals surface area contributed by atoms with E-state index in [1.807, 2.05) is 23.1 Å². The predicted molar refractivity (Wildman–Crippen MR) is 110 cm³/mol. The first-order chi connectivity index (χ1) is 12.2. The molecule has 0 spiro atoms. The Morgan fingerprint density at radius 2 is 1.81 bits per heavy atom. The molecule has 2 fully saturated rings. The molecule has 1 atom stereocenters. The van der Waals surface area contributed by atoms with Crippen molar-refractivity contribution in [2.45, 2.75) is 12.5 Å². The molecule has 3 rings (SSSR count). The zero-order chi connectivity index (χ0) is 17.5. The number of piperazine rings is 1. The molecule has 27 heavy (non-hydrogen) atoms. The Balaban J connectivity index is 0.00000182. The zero-order valence-corrected chi connectivity index (χ0v) is 16.9. The van der Waals surface area contributed by atoms with Crippen molar-refractivity contribution in [3.8, 4) is 0 Å². The Morgan fingerprint density at radius 3 is 2.44 bits per heavy atom. The molecule has 2 saturated heterocycles. The zero-order valence-electron chi connectivity index (χ0n) is 15.3. The lowest BCUT2D eigenvalue weighted by Crippen LogP contribution is -2.52. The lowest BCUT2D eigenvalue weighted by Gasteiger charge is -2.36. The van der Waals surface area contributed by atoms with Crippen LogP contribution < -0.4 is 15.5 Å². The van der Waals surface area contributed by atoms with Crippen LogP contribution in [0.2, 0.25) is 0 Å². The topological polar surface area (TPSA) is 73.9 Å². The van der Waals surface area contributed by atoms with Gasteiger partial charge in [-0.05, 0) is 12.1 Å². The number of nitrogens with zero attached hydrogens (tertiary/aromatic N) is 2. The van der Waals surface area contributed by atoms with Crippen LogP contribution in [0.4, 0.5) is 5.69 Å². The largest absolute Gasteiger partial charge is 0.378 e. The van der Waals surface area contributed by atoms with E-state index in [1.54, 1.807) is 0 Å². The number of amides is 2. The molecule has 9 heteroatoms. The Bertz CT molecular complexity index is 577. The number of carbonyl (C=O) groups excluding carboxylic acids is 2. The summed E-state index contributed by atoms with van der Waals surface area (Å²) in [5.74, 6) is 0.00209. The maximum atomic E-state index is 12.3. The molecule has 1 unspecified atom stereocenters. The highest BCUT2D eigenvalue weighted by Gasteiger charge is 2.23. The Labute approximate surface area is 172 Å². The molecular formula is C18H28Cl2N4O3. The van der Waals surface area contributed by atoms with Crippen LogP contribution in [0.1, 0.15) is 6.42 Å². The van der Waals surface area contributed by atoms with Gasteiger partial charge in [-0.1, -0.05) is 18.2 Å². The third-order valence-corrected chi connectivity index (χ3v) is 4.63. The van der Waals surface area contributed by atoms with Gasteiger partial charge in [-0.15, -0.1) is 24.8 Å². The number of halogens is 2. The first kappa shape index (κ1) is 23.5. The summed E-state index contributed by atoms with van der Waals surface area (Å²) in [6.07, 6.45) is 0.338. The Hall–Kier alpha value is -1.54. The van der Waals surface area contributed by atoms with Gasteiger partial charge in [0.2, 0.25) is 11.8 Å². The Kier molecular flexibility index (Phi) is 10.5. The molecule has 2 heterocycles. The second kappa shape index (κ2) is 12.0. The lowest BCUT2D eigenvalue weighted by molar-refractivity contribution is -0.131. The van der Waals surface area contributed by atoms with Gasteiger partial charge in [0.05, 0.1) is 13.2 Å². The van der Waals surface area contributed by atoms with Gasteiger partial charge >= 0.3 is 0 Å². The highest BCUT2D eigenvalue weighted by Crippen LogP contribution is 2.15. The van der Waals surface area contributed by atoms with Crippen molar-refractivity contribution >= 4 is 42.3 Å². The average molecular weight is 419 g/mol. The summed E-state index contributed by atoms with van der Waals surface area (Å²) in [5, 5.41) is 5.92. The number of ether oxygens (including phenoxy) is 1. The van der Waals surface area contributed by atoms with E-state index in [-0.39, 0.29) is 42.7 Å². The van der Waals surface area contributed by atoms with Crippen molar-refractivity contribution in [3.05, 3.63) is 30.3 Å². The number of hydrogen-bond acceptors (Lipinski definition) is 5. The first-order valence-corrected chi connectivity index (χ1v) is 8.90. The number of morpholine rings is 1. The molecule has 152 valence electrons. The van der Waals surface area contributed by atoms with Crippen molar-refractivity contribution in [2.24, 2.45) is 0 Å². The molecule has 2 amide bonds. The lowest BCUT2D eigenvalue weighted by atomic mass is 10.2. The van der Waals surface area contributed by atoms with Crippen molar-refractivity contribution in [1.82, 2.24) is 15.5 Å². The summed E-state index contributed by atoms with van der Waals surface area (Å²) in [7, 11) is 0. The minimum absolute atomic E-state index is 0.